The van der Waals surface area contributed by atoms with Crippen molar-refractivity contribution >= 4 is 11.8 Å². The van der Waals surface area contributed by atoms with Crippen LogP contribution in [0.1, 0.15) is 36.8 Å². The SMILES string of the molecule is O=C(CC1C(=O)NCCN1Cc1cccc(C(F)(F)F)c1)NC1CCC1. The maximum atomic E-state index is 12.9. The van der Waals surface area contributed by atoms with Crippen molar-refractivity contribution in [2.45, 2.75) is 50.5 Å². The summed E-state index contributed by atoms with van der Waals surface area (Å²) in [6, 6.07) is 4.60. The minimum Gasteiger partial charge on any atom is -0.353 e. The highest BCUT2D eigenvalue weighted by atomic mass is 19.4. The lowest BCUT2D eigenvalue weighted by Crippen LogP contribution is -2.56. The molecule has 1 aromatic rings. The van der Waals surface area contributed by atoms with E-state index in [-0.39, 0.29) is 30.8 Å². The van der Waals surface area contributed by atoms with E-state index in [0.717, 1.165) is 31.4 Å². The van der Waals surface area contributed by atoms with Gasteiger partial charge in [-0.3, -0.25) is 14.5 Å². The standard InChI is InChI=1S/C18H22F3N3O2/c19-18(20,21)13-4-1-3-12(9-13)11-24-8-7-22-17(26)15(24)10-16(25)23-14-5-2-6-14/h1,3-4,9,14-15H,2,5-8,10-11H2,(H,22,26)(H,23,25). The molecule has 1 aliphatic carbocycles. The van der Waals surface area contributed by atoms with E-state index in [2.05, 4.69) is 10.6 Å². The van der Waals surface area contributed by atoms with Crippen LogP contribution in [0.3, 0.4) is 0 Å². The number of carbonyl (C=O) groups excluding carboxylic acids is 2. The molecule has 0 spiro atoms. The van der Waals surface area contributed by atoms with E-state index in [1.54, 1.807) is 11.0 Å². The Bertz CT molecular complexity index is 674. The van der Waals surface area contributed by atoms with Crippen LogP contribution in [0.4, 0.5) is 13.2 Å². The number of amides is 2. The molecule has 26 heavy (non-hydrogen) atoms. The Kier molecular flexibility index (Phi) is 5.50. The average Bonchev–Trinajstić information content (AvgIpc) is 2.54. The Morgan fingerprint density at radius 3 is 2.73 bits per heavy atom. The van der Waals surface area contributed by atoms with Crippen LogP contribution < -0.4 is 10.6 Å². The number of carbonyl (C=O) groups is 2. The van der Waals surface area contributed by atoms with Crippen LogP contribution >= 0.6 is 0 Å². The lowest BCUT2D eigenvalue weighted by Gasteiger charge is -2.35. The molecule has 1 unspecified atom stereocenters. The summed E-state index contributed by atoms with van der Waals surface area (Å²) >= 11 is 0. The van der Waals surface area contributed by atoms with Crippen molar-refractivity contribution in [1.82, 2.24) is 15.5 Å². The molecule has 2 aliphatic rings. The summed E-state index contributed by atoms with van der Waals surface area (Å²) in [6.07, 6.45) is -1.39. The average molecular weight is 369 g/mol. The molecule has 0 bridgehead atoms. The molecule has 2 amide bonds. The molecule has 5 nitrogen and oxygen atoms in total. The second-order valence-electron chi connectivity index (χ2n) is 6.87. The number of rotatable bonds is 5. The monoisotopic (exact) mass is 369 g/mol. The Balaban J connectivity index is 1.67. The van der Waals surface area contributed by atoms with E-state index in [9.17, 15) is 22.8 Å². The molecular formula is C18H22F3N3O2. The number of nitrogens with one attached hydrogen (secondary N) is 2. The quantitative estimate of drug-likeness (QED) is 0.835. The van der Waals surface area contributed by atoms with Crippen LogP contribution in [-0.2, 0) is 22.3 Å². The first-order valence-electron chi connectivity index (χ1n) is 8.80. The second kappa shape index (κ2) is 7.65. The molecule has 0 aromatic heterocycles. The van der Waals surface area contributed by atoms with Gasteiger partial charge in [0.15, 0.2) is 0 Å². The van der Waals surface area contributed by atoms with Crippen molar-refractivity contribution in [3.05, 3.63) is 35.4 Å². The van der Waals surface area contributed by atoms with Gasteiger partial charge in [-0.1, -0.05) is 18.2 Å². The van der Waals surface area contributed by atoms with Crippen molar-refractivity contribution in [2.75, 3.05) is 13.1 Å². The second-order valence-corrected chi connectivity index (χ2v) is 6.87. The zero-order valence-electron chi connectivity index (χ0n) is 14.3. The third-order valence-corrected chi connectivity index (χ3v) is 4.93. The highest BCUT2D eigenvalue weighted by molar-refractivity contribution is 5.88. The predicted octanol–water partition coefficient (Wildman–Crippen LogP) is 2.06. The number of piperazine rings is 1. The van der Waals surface area contributed by atoms with Gasteiger partial charge in [0.2, 0.25) is 11.8 Å². The highest BCUT2D eigenvalue weighted by Crippen LogP contribution is 2.30. The molecular weight excluding hydrogens is 347 g/mol. The van der Waals surface area contributed by atoms with Gasteiger partial charge in [0.05, 0.1) is 18.0 Å². The summed E-state index contributed by atoms with van der Waals surface area (Å²) in [6.45, 7) is 1.10. The summed E-state index contributed by atoms with van der Waals surface area (Å²) in [7, 11) is 0. The Hall–Kier alpha value is -2.09. The number of benzene rings is 1. The van der Waals surface area contributed by atoms with Crippen LogP contribution in [0.2, 0.25) is 0 Å². The topological polar surface area (TPSA) is 61.4 Å². The van der Waals surface area contributed by atoms with Crippen LogP contribution in [0, 0.1) is 0 Å². The third-order valence-electron chi connectivity index (χ3n) is 4.93. The van der Waals surface area contributed by atoms with E-state index >= 15 is 0 Å². The van der Waals surface area contributed by atoms with Gasteiger partial charge >= 0.3 is 6.18 Å². The Morgan fingerprint density at radius 1 is 1.31 bits per heavy atom. The normalized spacial score (nSPS) is 21.8. The number of hydrogen-bond acceptors (Lipinski definition) is 3. The van der Waals surface area contributed by atoms with Crippen molar-refractivity contribution in [3.63, 3.8) is 0 Å². The minimum atomic E-state index is -4.41. The van der Waals surface area contributed by atoms with Gasteiger partial charge in [-0.2, -0.15) is 13.2 Å². The molecule has 2 N–H and O–H groups in total. The first kappa shape index (κ1) is 18.7. The van der Waals surface area contributed by atoms with Gasteiger partial charge in [-0.15, -0.1) is 0 Å². The van der Waals surface area contributed by atoms with Crippen molar-refractivity contribution in [2.24, 2.45) is 0 Å². The smallest absolute Gasteiger partial charge is 0.353 e. The summed E-state index contributed by atoms with van der Waals surface area (Å²) in [5.74, 6) is -0.447. The maximum Gasteiger partial charge on any atom is 0.416 e. The Morgan fingerprint density at radius 2 is 2.08 bits per heavy atom. The van der Waals surface area contributed by atoms with Gasteiger partial charge in [-0.05, 0) is 30.9 Å². The summed E-state index contributed by atoms with van der Waals surface area (Å²) in [4.78, 5) is 26.2. The number of alkyl halides is 3. The molecule has 1 saturated carbocycles. The lowest BCUT2D eigenvalue weighted by atomic mass is 9.93. The summed E-state index contributed by atoms with van der Waals surface area (Å²) in [5.41, 5.74) is -0.241. The van der Waals surface area contributed by atoms with Crippen LogP contribution in [0.5, 0.6) is 0 Å². The predicted molar refractivity (Wildman–Crippen MR) is 89.1 cm³/mol. The van der Waals surface area contributed by atoms with Crippen LogP contribution in [0.15, 0.2) is 24.3 Å². The fourth-order valence-corrected chi connectivity index (χ4v) is 3.27. The first-order valence-corrected chi connectivity index (χ1v) is 8.80. The van der Waals surface area contributed by atoms with E-state index < -0.39 is 17.8 Å². The van der Waals surface area contributed by atoms with Gasteiger partial charge in [0.25, 0.3) is 0 Å². The van der Waals surface area contributed by atoms with Crippen molar-refractivity contribution in [1.29, 1.82) is 0 Å². The number of hydrogen-bond donors (Lipinski definition) is 2. The van der Waals surface area contributed by atoms with Crippen LogP contribution in [0.25, 0.3) is 0 Å². The zero-order valence-corrected chi connectivity index (χ0v) is 14.3. The van der Waals surface area contributed by atoms with Gasteiger partial charge in [0, 0.05) is 25.7 Å². The summed E-state index contributed by atoms with van der Waals surface area (Å²) < 4.78 is 38.7. The minimum absolute atomic E-state index is 0.0152. The van der Waals surface area contributed by atoms with Crippen molar-refractivity contribution < 1.29 is 22.8 Å². The molecule has 0 radical (unpaired) electrons. The Labute approximate surface area is 149 Å². The number of nitrogens with zero attached hydrogens (tertiary/aromatic N) is 1. The molecule has 3 rings (SSSR count). The molecule has 1 aromatic carbocycles. The van der Waals surface area contributed by atoms with Crippen molar-refractivity contribution in [3.8, 4) is 0 Å². The lowest BCUT2D eigenvalue weighted by molar-refractivity contribution is -0.137. The molecule has 2 fully saturated rings. The maximum absolute atomic E-state index is 12.9. The molecule has 8 heteroatoms. The highest BCUT2D eigenvalue weighted by Gasteiger charge is 2.34. The van der Waals surface area contributed by atoms with E-state index in [4.69, 9.17) is 0 Å². The van der Waals surface area contributed by atoms with E-state index in [1.807, 2.05) is 0 Å². The summed E-state index contributed by atoms with van der Waals surface area (Å²) in [5, 5.41) is 5.63. The van der Waals surface area contributed by atoms with Gasteiger partial charge in [0.1, 0.15) is 0 Å². The molecule has 1 atom stereocenters. The third kappa shape index (κ3) is 4.55. The van der Waals surface area contributed by atoms with Gasteiger partial charge in [-0.25, -0.2) is 0 Å². The van der Waals surface area contributed by atoms with Gasteiger partial charge < -0.3 is 10.6 Å². The fraction of sp³-hybridized carbons (Fsp3) is 0.556. The molecule has 142 valence electrons. The largest absolute Gasteiger partial charge is 0.416 e. The fourth-order valence-electron chi connectivity index (χ4n) is 3.27. The van der Waals surface area contributed by atoms with Crippen LogP contribution in [-0.4, -0.2) is 41.9 Å². The molecule has 1 aliphatic heterocycles. The molecule has 1 saturated heterocycles. The molecule has 1 heterocycles. The zero-order chi connectivity index (χ0) is 18.7. The van der Waals surface area contributed by atoms with E-state index in [0.29, 0.717) is 18.7 Å². The first-order chi connectivity index (χ1) is 12.3. The van der Waals surface area contributed by atoms with E-state index in [1.165, 1.54) is 6.07 Å². The number of halogens is 3.